The maximum atomic E-state index is 11.9. The van der Waals surface area contributed by atoms with E-state index in [9.17, 15) is 18.0 Å². The summed E-state index contributed by atoms with van der Waals surface area (Å²) < 4.78 is 35.8. The molecular weight excluding hydrogens is 253 g/mol. The van der Waals surface area contributed by atoms with Gasteiger partial charge in [0.1, 0.15) is 0 Å². The third kappa shape index (κ3) is 5.63. The molecule has 1 aliphatic rings. The number of alkyl halides is 3. The van der Waals surface area contributed by atoms with Crippen molar-refractivity contribution in [2.75, 3.05) is 32.4 Å². The van der Waals surface area contributed by atoms with Gasteiger partial charge in [-0.05, 0) is 44.1 Å². The Hall–Kier alpha value is -0.430. The van der Waals surface area contributed by atoms with E-state index in [1.165, 1.54) is 4.90 Å². The Kier molecular flexibility index (Phi) is 5.58. The van der Waals surface area contributed by atoms with Crippen LogP contribution in [-0.2, 0) is 4.79 Å². The van der Waals surface area contributed by atoms with E-state index < -0.39 is 17.2 Å². The summed E-state index contributed by atoms with van der Waals surface area (Å²) in [5.74, 6) is -0.380. The average molecular weight is 270 g/mol. The molecule has 0 bridgehead atoms. The summed E-state index contributed by atoms with van der Waals surface area (Å²) in [6.45, 7) is 2.05. The van der Waals surface area contributed by atoms with Crippen molar-refractivity contribution in [1.29, 1.82) is 0 Å². The van der Waals surface area contributed by atoms with Crippen molar-refractivity contribution in [3.05, 3.63) is 0 Å². The first-order chi connectivity index (χ1) is 7.92. The lowest BCUT2D eigenvalue weighted by atomic mass is 9.97. The largest absolute Gasteiger partial charge is 0.442 e. The molecule has 7 heteroatoms. The van der Waals surface area contributed by atoms with E-state index in [1.54, 1.807) is 0 Å². The minimum atomic E-state index is -4.32. The fourth-order valence-corrected chi connectivity index (χ4v) is 2.38. The molecule has 0 saturated carbocycles. The minimum Gasteiger partial charge on any atom is -0.342 e. The summed E-state index contributed by atoms with van der Waals surface area (Å²) >= 11 is -0.257. The van der Waals surface area contributed by atoms with Crippen molar-refractivity contribution in [1.82, 2.24) is 10.2 Å². The first-order valence-electron chi connectivity index (χ1n) is 5.55. The quantitative estimate of drug-likeness (QED) is 0.844. The van der Waals surface area contributed by atoms with Gasteiger partial charge in [-0.2, -0.15) is 13.2 Å². The summed E-state index contributed by atoms with van der Waals surface area (Å²) in [5.41, 5.74) is -4.32. The summed E-state index contributed by atoms with van der Waals surface area (Å²) in [5, 5.41) is 3.07. The number of carbonyl (C=O) groups excluding carboxylic acids is 1. The summed E-state index contributed by atoms with van der Waals surface area (Å²) in [7, 11) is 1.87. The van der Waals surface area contributed by atoms with Crippen LogP contribution in [0.3, 0.4) is 0 Å². The fraction of sp³-hybridized carbons (Fsp3) is 0.900. The lowest BCUT2D eigenvalue weighted by Gasteiger charge is -2.32. The molecule has 0 aromatic rings. The fourth-order valence-electron chi connectivity index (χ4n) is 1.91. The summed E-state index contributed by atoms with van der Waals surface area (Å²) in [6, 6.07) is 0. The number of nitrogens with zero attached hydrogens (tertiary/aromatic N) is 1. The van der Waals surface area contributed by atoms with E-state index >= 15 is 0 Å². The Morgan fingerprint density at radius 2 is 2.00 bits per heavy atom. The number of likely N-dealkylation sites (tertiary alicyclic amines) is 1. The van der Waals surface area contributed by atoms with Gasteiger partial charge in [0.05, 0.1) is 5.75 Å². The Morgan fingerprint density at radius 1 is 1.41 bits per heavy atom. The number of rotatable bonds is 4. The molecule has 0 aromatic heterocycles. The van der Waals surface area contributed by atoms with E-state index in [0.29, 0.717) is 19.0 Å². The number of carbonyl (C=O) groups is 1. The molecule has 100 valence electrons. The van der Waals surface area contributed by atoms with Crippen molar-refractivity contribution in [3.63, 3.8) is 0 Å². The van der Waals surface area contributed by atoms with Gasteiger partial charge < -0.3 is 10.2 Å². The minimum absolute atomic E-state index is 0.257. The monoisotopic (exact) mass is 270 g/mol. The van der Waals surface area contributed by atoms with Crippen LogP contribution in [0.25, 0.3) is 0 Å². The third-order valence-electron chi connectivity index (χ3n) is 2.82. The number of hydrogen-bond acceptors (Lipinski definition) is 3. The molecule has 0 aromatic carbocycles. The Morgan fingerprint density at radius 3 is 2.47 bits per heavy atom. The number of thioether (sulfide) groups is 1. The van der Waals surface area contributed by atoms with Crippen molar-refractivity contribution in [2.45, 2.75) is 18.3 Å². The van der Waals surface area contributed by atoms with Gasteiger partial charge in [0.15, 0.2) is 0 Å². The maximum absolute atomic E-state index is 11.9. The van der Waals surface area contributed by atoms with Gasteiger partial charge >= 0.3 is 5.51 Å². The van der Waals surface area contributed by atoms with E-state index in [4.69, 9.17) is 0 Å². The first kappa shape index (κ1) is 14.6. The van der Waals surface area contributed by atoms with Gasteiger partial charge in [-0.3, -0.25) is 4.79 Å². The van der Waals surface area contributed by atoms with Gasteiger partial charge in [0, 0.05) is 13.1 Å². The van der Waals surface area contributed by atoms with Crippen molar-refractivity contribution in [2.24, 2.45) is 5.92 Å². The molecule has 0 radical (unpaired) electrons. The van der Waals surface area contributed by atoms with Crippen LogP contribution in [0, 0.1) is 5.92 Å². The topological polar surface area (TPSA) is 32.3 Å². The molecule has 0 aliphatic carbocycles. The molecule has 17 heavy (non-hydrogen) atoms. The normalized spacial score (nSPS) is 18.5. The Labute approximate surface area is 103 Å². The van der Waals surface area contributed by atoms with Crippen LogP contribution in [0.15, 0.2) is 0 Å². The molecule has 1 amide bonds. The van der Waals surface area contributed by atoms with Crippen LogP contribution in [0.1, 0.15) is 12.8 Å². The van der Waals surface area contributed by atoms with Crippen LogP contribution in [0.2, 0.25) is 0 Å². The second-order valence-electron chi connectivity index (χ2n) is 4.12. The zero-order valence-corrected chi connectivity index (χ0v) is 10.5. The van der Waals surface area contributed by atoms with Crippen molar-refractivity contribution >= 4 is 17.7 Å². The highest BCUT2D eigenvalue weighted by Gasteiger charge is 2.31. The number of halogens is 3. The maximum Gasteiger partial charge on any atom is 0.442 e. The van der Waals surface area contributed by atoms with Gasteiger partial charge in [-0.1, -0.05) is 0 Å². The third-order valence-corrected chi connectivity index (χ3v) is 3.54. The Bertz CT molecular complexity index is 252. The summed E-state index contributed by atoms with van der Waals surface area (Å²) in [6.07, 6.45) is 1.73. The number of hydrogen-bond donors (Lipinski definition) is 1. The van der Waals surface area contributed by atoms with E-state index in [-0.39, 0.29) is 11.8 Å². The lowest BCUT2D eigenvalue weighted by Crippen LogP contribution is -2.41. The van der Waals surface area contributed by atoms with Crippen LogP contribution < -0.4 is 5.32 Å². The van der Waals surface area contributed by atoms with Gasteiger partial charge in [0.2, 0.25) is 5.91 Å². The highest BCUT2D eigenvalue weighted by atomic mass is 32.2. The standard InChI is InChI=1S/C10H17F3N2OS/c1-14-6-8-2-4-15(5-3-8)9(16)7-17-10(11,12)13/h8,14H,2-7H2,1H3. The van der Waals surface area contributed by atoms with E-state index in [0.717, 1.165) is 19.4 Å². The van der Waals surface area contributed by atoms with Gasteiger partial charge in [0.25, 0.3) is 0 Å². The van der Waals surface area contributed by atoms with Crippen LogP contribution in [-0.4, -0.2) is 48.8 Å². The SMILES string of the molecule is CNCC1CCN(C(=O)CSC(F)(F)F)CC1. The smallest absolute Gasteiger partial charge is 0.342 e. The van der Waals surface area contributed by atoms with Crippen LogP contribution >= 0.6 is 11.8 Å². The van der Waals surface area contributed by atoms with Gasteiger partial charge in [-0.15, -0.1) is 0 Å². The zero-order chi connectivity index (χ0) is 12.9. The number of nitrogens with one attached hydrogen (secondary N) is 1. The lowest BCUT2D eigenvalue weighted by molar-refractivity contribution is -0.129. The molecule has 1 rings (SSSR count). The molecule has 0 spiro atoms. The van der Waals surface area contributed by atoms with E-state index in [1.807, 2.05) is 7.05 Å². The highest BCUT2D eigenvalue weighted by molar-refractivity contribution is 8.00. The molecule has 1 saturated heterocycles. The molecule has 3 nitrogen and oxygen atoms in total. The molecule has 1 N–H and O–H groups in total. The van der Waals surface area contributed by atoms with Crippen LogP contribution in [0.5, 0.6) is 0 Å². The molecule has 1 aliphatic heterocycles. The molecule has 1 heterocycles. The van der Waals surface area contributed by atoms with Crippen molar-refractivity contribution in [3.8, 4) is 0 Å². The molecule has 0 atom stereocenters. The zero-order valence-electron chi connectivity index (χ0n) is 9.72. The average Bonchev–Trinajstić information content (AvgIpc) is 2.26. The molecule has 1 fully saturated rings. The van der Waals surface area contributed by atoms with E-state index in [2.05, 4.69) is 5.32 Å². The summed E-state index contributed by atoms with van der Waals surface area (Å²) in [4.78, 5) is 13.0. The molecular formula is C10H17F3N2OS. The number of amides is 1. The Balaban J connectivity index is 2.26. The molecule has 0 unspecified atom stereocenters. The second kappa shape index (κ2) is 6.49. The second-order valence-corrected chi connectivity index (χ2v) is 5.16. The first-order valence-corrected chi connectivity index (χ1v) is 6.54. The van der Waals surface area contributed by atoms with Crippen molar-refractivity contribution < 1.29 is 18.0 Å². The van der Waals surface area contributed by atoms with Crippen LogP contribution in [0.4, 0.5) is 13.2 Å². The van der Waals surface area contributed by atoms with Gasteiger partial charge in [-0.25, -0.2) is 0 Å². The highest BCUT2D eigenvalue weighted by Crippen LogP contribution is 2.30. The predicted molar refractivity (Wildman–Crippen MR) is 61.7 cm³/mol. The number of piperidine rings is 1. The predicted octanol–water partition coefficient (Wildman–Crippen LogP) is 1.70.